The lowest BCUT2D eigenvalue weighted by Gasteiger charge is -2.07. The monoisotopic (exact) mass is 343 g/mol. The molecule has 0 amide bonds. The number of benzene rings is 2. The van der Waals surface area contributed by atoms with Crippen LogP contribution in [0.2, 0.25) is 0 Å². The van der Waals surface area contributed by atoms with Crippen molar-refractivity contribution in [2.45, 2.75) is 6.92 Å². The summed E-state index contributed by atoms with van der Waals surface area (Å²) >= 11 is 0. The zero-order valence-corrected chi connectivity index (χ0v) is 14.6. The molecule has 0 unspecified atom stereocenters. The maximum absolute atomic E-state index is 10.6. The van der Waals surface area contributed by atoms with Gasteiger partial charge in [-0.2, -0.15) is 4.57 Å². The standard InChI is InChI=1S/C22H18N2O2/c1-14-13-16(22(26)20-18(14)6-4-12-23-20)9-11-17-10-8-15-5-3-7-19(25)21(15)24(17)2/h3-13,25H,1-2H3/p+1. The van der Waals surface area contributed by atoms with Gasteiger partial charge in [0.1, 0.15) is 18.3 Å². The largest absolute Gasteiger partial charge is 0.505 e. The topological polar surface area (TPSA) is 57.2 Å². The first-order valence-electron chi connectivity index (χ1n) is 8.42. The molecule has 0 saturated heterocycles. The molecule has 0 radical (unpaired) electrons. The van der Waals surface area contributed by atoms with E-state index in [1.807, 2.05) is 73.2 Å². The van der Waals surface area contributed by atoms with Crippen LogP contribution in [0.25, 0.3) is 34.0 Å². The molecule has 0 spiro atoms. The summed E-state index contributed by atoms with van der Waals surface area (Å²) in [5.41, 5.74) is 4.07. The van der Waals surface area contributed by atoms with Gasteiger partial charge in [-0.15, -0.1) is 0 Å². The number of pyridine rings is 2. The first-order valence-corrected chi connectivity index (χ1v) is 8.42. The lowest BCUT2D eigenvalue weighted by molar-refractivity contribution is -0.646. The van der Waals surface area contributed by atoms with Crippen LogP contribution in [-0.2, 0) is 7.05 Å². The van der Waals surface area contributed by atoms with Crippen LogP contribution in [0.5, 0.6) is 11.5 Å². The van der Waals surface area contributed by atoms with Gasteiger partial charge in [-0.1, -0.05) is 12.1 Å². The number of hydrogen-bond donors (Lipinski definition) is 2. The van der Waals surface area contributed by atoms with E-state index in [0.29, 0.717) is 11.1 Å². The van der Waals surface area contributed by atoms with Crippen LogP contribution in [0, 0.1) is 6.92 Å². The molecule has 4 heteroatoms. The Balaban J connectivity index is 1.83. The molecule has 4 aromatic rings. The second-order valence-corrected chi connectivity index (χ2v) is 6.40. The summed E-state index contributed by atoms with van der Waals surface area (Å²) in [5.74, 6) is 0.419. The fraction of sp³-hybridized carbons (Fsp3) is 0.0909. The third-order valence-corrected chi connectivity index (χ3v) is 4.74. The number of para-hydroxylation sites is 1. The van der Waals surface area contributed by atoms with Gasteiger partial charge in [0.2, 0.25) is 5.69 Å². The number of aryl methyl sites for hydroxylation is 2. The lowest BCUT2D eigenvalue weighted by Crippen LogP contribution is -2.32. The van der Waals surface area contributed by atoms with E-state index in [1.165, 1.54) is 0 Å². The maximum atomic E-state index is 10.6. The van der Waals surface area contributed by atoms with Crippen molar-refractivity contribution in [3.8, 4) is 11.5 Å². The summed E-state index contributed by atoms with van der Waals surface area (Å²) in [7, 11) is 1.91. The van der Waals surface area contributed by atoms with Crippen LogP contribution in [0.4, 0.5) is 0 Å². The van der Waals surface area contributed by atoms with Gasteiger partial charge in [0.05, 0.1) is 5.39 Å². The molecule has 0 saturated carbocycles. The third kappa shape index (κ3) is 2.56. The van der Waals surface area contributed by atoms with Gasteiger partial charge in [-0.3, -0.25) is 4.98 Å². The summed E-state index contributed by atoms with van der Waals surface area (Å²) in [5, 5.41) is 22.7. The summed E-state index contributed by atoms with van der Waals surface area (Å²) in [6.45, 7) is 2.01. The van der Waals surface area contributed by atoms with E-state index in [2.05, 4.69) is 4.98 Å². The molecule has 0 atom stereocenters. The number of hydrogen-bond acceptors (Lipinski definition) is 3. The Morgan fingerprint density at radius 2 is 1.85 bits per heavy atom. The Hall–Kier alpha value is -3.40. The van der Waals surface area contributed by atoms with Crippen LogP contribution >= 0.6 is 0 Å². The van der Waals surface area contributed by atoms with Gasteiger partial charge >= 0.3 is 0 Å². The minimum absolute atomic E-state index is 0.175. The third-order valence-electron chi connectivity index (χ3n) is 4.74. The quantitative estimate of drug-likeness (QED) is 0.539. The second kappa shape index (κ2) is 6.15. The fourth-order valence-corrected chi connectivity index (χ4v) is 3.36. The van der Waals surface area contributed by atoms with Crippen molar-refractivity contribution in [2.24, 2.45) is 7.05 Å². The van der Waals surface area contributed by atoms with Crippen LogP contribution < -0.4 is 4.57 Å². The maximum Gasteiger partial charge on any atom is 0.254 e. The molecule has 2 heterocycles. The molecule has 4 rings (SSSR count). The summed E-state index contributed by atoms with van der Waals surface area (Å²) < 4.78 is 1.93. The summed E-state index contributed by atoms with van der Waals surface area (Å²) in [4.78, 5) is 4.31. The molecule has 0 bridgehead atoms. The Morgan fingerprint density at radius 3 is 2.69 bits per heavy atom. The molecular formula is C22H19N2O2+. The van der Waals surface area contributed by atoms with Crippen molar-refractivity contribution >= 4 is 34.0 Å². The predicted molar refractivity (Wildman–Crippen MR) is 104 cm³/mol. The molecule has 2 N–H and O–H groups in total. The average molecular weight is 343 g/mol. The number of aromatic nitrogens is 2. The highest BCUT2D eigenvalue weighted by molar-refractivity contribution is 5.92. The van der Waals surface area contributed by atoms with Crippen LogP contribution in [0.15, 0.2) is 54.7 Å². The van der Waals surface area contributed by atoms with Gasteiger partial charge < -0.3 is 10.2 Å². The lowest BCUT2D eigenvalue weighted by atomic mass is 10.0. The zero-order chi connectivity index (χ0) is 18.3. The van der Waals surface area contributed by atoms with Crippen molar-refractivity contribution in [1.82, 2.24) is 4.98 Å². The minimum atomic E-state index is 0.175. The fourth-order valence-electron chi connectivity index (χ4n) is 3.36. The van der Waals surface area contributed by atoms with Crippen molar-refractivity contribution in [1.29, 1.82) is 0 Å². The van der Waals surface area contributed by atoms with Crippen molar-refractivity contribution < 1.29 is 14.8 Å². The molecule has 0 fully saturated rings. The van der Waals surface area contributed by atoms with Crippen LogP contribution in [0.1, 0.15) is 16.8 Å². The number of nitrogens with zero attached hydrogens (tertiary/aromatic N) is 2. The molecule has 4 nitrogen and oxygen atoms in total. The van der Waals surface area contributed by atoms with E-state index >= 15 is 0 Å². The molecule has 0 aliphatic carbocycles. The number of rotatable bonds is 2. The second-order valence-electron chi connectivity index (χ2n) is 6.40. The molecular weight excluding hydrogens is 324 g/mol. The number of phenolic OH excluding ortho intramolecular Hbond substituents is 2. The van der Waals surface area contributed by atoms with E-state index in [-0.39, 0.29) is 11.5 Å². The number of fused-ring (bicyclic) bond motifs is 2. The Morgan fingerprint density at radius 1 is 1.00 bits per heavy atom. The number of aromatic hydroxyl groups is 2. The molecule has 0 aliphatic heterocycles. The molecule has 0 aliphatic rings. The van der Waals surface area contributed by atoms with Gasteiger partial charge in [-0.05, 0) is 48.9 Å². The smallest absolute Gasteiger partial charge is 0.254 e. The Kier molecular flexibility index (Phi) is 3.81. The molecule has 2 aromatic heterocycles. The normalized spacial score (nSPS) is 11.6. The highest BCUT2D eigenvalue weighted by atomic mass is 16.3. The van der Waals surface area contributed by atoms with Crippen molar-refractivity contribution in [3.63, 3.8) is 0 Å². The average Bonchev–Trinajstić information content (AvgIpc) is 2.65. The molecule has 128 valence electrons. The van der Waals surface area contributed by atoms with Gasteiger partial charge in [-0.25, -0.2) is 0 Å². The molecule has 26 heavy (non-hydrogen) atoms. The van der Waals surface area contributed by atoms with E-state index in [9.17, 15) is 10.2 Å². The van der Waals surface area contributed by atoms with Crippen molar-refractivity contribution in [3.05, 3.63) is 71.5 Å². The van der Waals surface area contributed by atoms with E-state index < -0.39 is 0 Å². The first kappa shape index (κ1) is 16.1. The first-order chi connectivity index (χ1) is 12.6. The van der Waals surface area contributed by atoms with Crippen LogP contribution in [0.3, 0.4) is 0 Å². The summed E-state index contributed by atoms with van der Waals surface area (Å²) in [6.07, 6.45) is 5.48. The SMILES string of the molecule is Cc1cc(/C=C/c2ccc3cccc(O)c3[n+]2C)c(O)c2ncccc12. The van der Waals surface area contributed by atoms with Gasteiger partial charge in [0, 0.05) is 29.3 Å². The highest BCUT2D eigenvalue weighted by Gasteiger charge is 2.14. The minimum Gasteiger partial charge on any atom is -0.505 e. The highest BCUT2D eigenvalue weighted by Crippen LogP contribution is 2.31. The Bertz CT molecular complexity index is 1180. The van der Waals surface area contributed by atoms with E-state index in [4.69, 9.17) is 0 Å². The van der Waals surface area contributed by atoms with Crippen LogP contribution in [-0.4, -0.2) is 15.2 Å². The number of phenols is 2. The van der Waals surface area contributed by atoms with E-state index in [0.717, 1.165) is 27.5 Å². The van der Waals surface area contributed by atoms with Crippen molar-refractivity contribution in [2.75, 3.05) is 0 Å². The molecule has 2 aromatic carbocycles. The predicted octanol–water partition coefficient (Wildman–Crippen LogP) is 4.10. The van der Waals surface area contributed by atoms with E-state index in [1.54, 1.807) is 12.3 Å². The Labute approximate surface area is 151 Å². The van der Waals surface area contributed by atoms with Gasteiger partial charge in [0.15, 0.2) is 5.75 Å². The zero-order valence-electron chi connectivity index (χ0n) is 14.6. The summed E-state index contributed by atoms with van der Waals surface area (Å²) in [6, 6.07) is 15.2. The van der Waals surface area contributed by atoms with Gasteiger partial charge in [0.25, 0.3) is 5.52 Å².